The van der Waals surface area contributed by atoms with E-state index in [4.69, 9.17) is 23.4 Å². The second-order valence-electron chi connectivity index (χ2n) is 13.4. The minimum atomic E-state index is -1.82. The Morgan fingerprint density at radius 3 is 1.97 bits per heavy atom. The smallest absolute Gasteiger partial charge is 0.313 e. The van der Waals surface area contributed by atoms with Crippen LogP contribution in [-0.4, -0.2) is 105 Å². The number of amides is 1. The fraction of sp³-hybridized carbons (Fsp3) is 0.333. The maximum Gasteiger partial charge on any atom is 0.313 e. The lowest BCUT2D eigenvalue weighted by Crippen LogP contribution is -2.29. The van der Waals surface area contributed by atoms with Crippen LogP contribution in [-0.2, 0) is 23.7 Å². The van der Waals surface area contributed by atoms with Crippen molar-refractivity contribution in [2.45, 2.75) is 6.42 Å². The number of hydrogen-bond donors (Lipinski definition) is 1. The van der Waals surface area contributed by atoms with Gasteiger partial charge in [-0.05, 0) is 35.9 Å². The van der Waals surface area contributed by atoms with Gasteiger partial charge in [-0.25, -0.2) is 13.4 Å². The third-order valence-corrected chi connectivity index (χ3v) is 8.88. The van der Waals surface area contributed by atoms with Crippen LogP contribution < -0.4 is 30.0 Å². The van der Waals surface area contributed by atoms with Crippen molar-refractivity contribution >= 4 is 34.5 Å². The van der Waals surface area contributed by atoms with Crippen LogP contribution in [0.1, 0.15) is 27.1 Å². The number of carbonyl (C=O) groups is 3. The van der Waals surface area contributed by atoms with Crippen molar-refractivity contribution in [1.82, 2.24) is 9.89 Å². The summed E-state index contributed by atoms with van der Waals surface area (Å²) < 4.78 is 87.8. The molecule has 13 nitrogen and oxygen atoms in total. The number of carbonyl (C=O) groups excluding carboxylic acids is 3. The fourth-order valence-electron chi connectivity index (χ4n) is 5.85. The van der Waals surface area contributed by atoms with E-state index in [2.05, 4.69) is 10.1 Å². The molecule has 0 fully saturated rings. The summed E-state index contributed by atoms with van der Waals surface area (Å²) in [6.07, 6.45) is -0.432. The highest BCUT2D eigenvalue weighted by Crippen LogP contribution is 2.42. The Kier molecular flexibility index (Phi) is 15.5. The summed E-state index contributed by atoms with van der Waals surface area (Å²) in [5.74, 6) is -11.0. The Morgan fingerprint density at radius 1 is 0.746 bits per heavy atom. The zero-order valence-corrected chi connectivity index (χ0v) is 32.8. The molecule has 3 aromatic carbocycles. The molecular weight excluding hydrogens is 782 g/mol. The Morgan fingerprint density at radius 2 is 1.36 bits per heavy atom. The molecular formula is C42H43F4N3O10. The number of carboxylic acid groups (broad SMARTS) is 1. The summed E-state index contributed by atoms with van der Waals surface area (Å²) >= 11 is 0. The van der Waals surface area contributed by atoms with Crippen LogP contribution in [0.2, 0.25) is 0 Å². The summed E-state index contributed by atoms with van der Waals surface area (Å²) in [5, 5.41) is 16.9. The molecule has 5 rings (SSSR count). The number of esters is 1. The fourth-order valence-corrected chi connectivity index (χ4v) is 5.85. The number of nitrogens with zero attached hydrogens (tertiary/aromatic N) is 2. The van der Waals surface area contributed by atoms with Crippen molar-refractivity contribution in [1.29, 1.82) is 0 Å². The number of carboxylic acids is 1. The van der Waals surface area contributed by atoms with Crippen LogP contribution in [0.3, 0.4) is 0 Å². The number of rotatable bonds is 20. The van der Waals surface area contributed by atoms with Crippen molar-refractivity contribution in [2.24, 2.45) is 0 Å². The monoisotopic (exact) mass is 825 g/mol. The molecule has 2 aliphatic rings. The number of benzene rings is 4. The second kappa shape index (κ2) is 20.7. The summed E-state index contributed by atoms with van der Waals surface area (Å²) in [6.45, 7) is 1.27. The van der Waals surface area contributed by atoms with Crippen LogP contribution in [0, 0.1) is 23.3 Å². The van der Waals surface area contributed by atoms with E-state index in [-0.39, 0.29) is 76.6 Å². The largest absolute Gasteiger partial charge is 0.545 e. The van der Waals surface area contributed by atoms with Gasteiger partial charge in [-0.3, -0.25) is 9.59 Å². The lowest BCUT2D eigenvalue weighted by molar-refractivity contribution is -0.254. The minimum absolute atomic E-state index is 0.00387. The number of hydrogen-bond acceptors (Lipinski definition) is 11. The van der Waals surface area contributed by atoms with Gasteiger partial charge in [-0.2, -0.15) is 8.78 Å². The molecule has 0 unspecified atom stereocenters. The molecule has 59 heavy (non-hydrogen) atoms. The third kappa shape index (κ3) is 11.4. The summed E-state index contributed by atoms with van der Waals surface area (Å²) in [5.41, 5.74) is 3.16. The Labute approximate surface area is 336 Å². The molecule has 3 aromatic rings. The van der Waals surface area contributed by atoms with E-state index in [0.29, 0.717) is 33.4 Å². The number of aromatic carboxylic acids is 1. The predicted molar refractivity (Wildman–Crippen MR) is 206 cm³/mol. The van der Waals surface area contributed by atoms with Crippen molar-refractivity contribution in [3.8, 4) is 28.2 Å². The third-order valence-electron chi connectivity index (χ3n) is 8.88. The van der Waals surface area contributed by atoms with Gasteiger partial charge in [0, 0.05) is 72.2 Å². The average molecular weight is 826 g/mol. The number of fused-ring (bicyclic) bond motifs is 2. The van der Waals surface area contributed by atoms with Gasteiger partial charge in [-0.15, -0.1) is 0 Å². The molecule has 1 heterocycles. The first-order valence-corrected chi connectivity index (χ1v) is 18.4. The zero-order chi connectivity index (χ0) is 42.6. The van der Waals surface area contributed by atoms with E-state index in [1.165, 1.54) is 6.07 Å². The van der Waals surface area contributed by atoms with Gasteiger partial charge in [0.2, 0.25) is 22.7 Å². The Hall–Kier alpha value is -5.88. The van der Waals surface area contributed by atoms with Gasteiger partial charge in [0.25, 0.3) is 5.91 Å². The molecule has 0 saturated heterocycles. The lowest BCUT2D eigenvalue weighted by Gasteiger charge is -2.20. The molecule has 0 atom stereocenters. The van der Waals surface area contributed by atoms with Gasteiger partial charge in [0.1, 0.15) is 25.4 Å². The second-order valence-corrected chi connectivity index (χ2v) is 13.4. The van der Waals surface area contributed by atoms with Crippen LogP contribution in [0.4, 0.5) is 23.2 Å². The molecule has 1 aliphatic heterocycles. The van der Waals surface area contributed by atoms with Gasteiger partial charge < -0.3 is 48.2 Å². The quantitative estimate of drug-likeness (QED) is 0.0231. The molecule has 0 saturated carbocycles. The molecule has 17 heteroatoms. The number of nitrogens with one attached hydrogen (secondary N) is 1. The predicted octanol–water partition coefficient (Wildman–Crippen LogP) is 4.01. The summed E-state index contributed by atoms with van der Waals surface area (Å²) in [4.78, 5) is 39.3. The summed E-state index contributed by atoms with van der Waals surface area (Å²) in [6, 6.07) is 15.9. The molecule has 0 bridgehead atoms. The highest BCUT2D eigenvalue weighted by atomic mass is 19.2. The number of ether oxygens (including phenoxy) is 5. The van der Waals surface area contributed by atoms with E-state index in [1.807, 2.05) is 74.1 Å². The summed E-state index contributed by atoms with van der Waals surface area (Å²) in [7, 11) is 7.65. The average Bonchev–Trinajstić information content (AvgIpc) is 3.21. The van der Waals surface area contributed by atoms with Crippen LogP contribution >= 0.6 is 0 Å². The van der Waals surface area contributed by atoms with Crippen molar-refractivity contribution in [2.75, 3.05) is 92.5 Å². The van der Waals surface area contributed by atoms with Crippen molar-refractivity contribution in [3.05, 3.63) is 100 Å². The molecule has 0 aromatic heterocycles. The van der Waals surface area contributed by atoms with Gasteiger partial charge in [0.15, 0.2) is 11.6 Å². The number of halogens is 4. The van der Waals surface area contributed by atoms with Gasteiger partial charge >= 0.3 is 5.97 Å². The van der Waals surface area contributed by atoms with Gasteiger partial charge in [-0.1, -0.05) is 6.07 Å². The van der Waals surface area contributed by atoms with Crippen LogP contribution in [0.25, 0.3) is 33.4 Å². The van der Waals surface area contributed by atoms with E-state index in [9.17, 15) is 37.1 Å². The van der Waals surface area contributed by atoms with Gasteiger partial charge in [0.05, 0.1) is 71.3 Å². The maximum absolute atomic E-state index is 13.6. The first-order chi connectivity index (χ1) is 28.3. The lowest BCUT2D eigenvalue weighted by atomic mass is 9.89. The van der Waals surface area contributed by atoms with Crippen molar-refractivity contribution in [3.63, 3.8) is 0 Å². The molecule has 0 spiro atoms. The Balaban J connectivity index is 1.02. The SMILES string of the molecule is CN(C)c1ccc2c(-c3ccc(C(=O)NCCOCCOCCOCCOCCC(=O)Oc4c(F)c(F)cc(F)c4F)cc3C(=O)[O-])c3ccc(=[N+](C)C)cc-3oc2c1. The minimum Gasteiger partial charge on any atom is -0.545 e. The molecule has 0 radical (unpaired) electrons. The first-order valence-electron chi connectivity index (χ1n) is 18.4. The topological polar surface area (TPSA) is 152 Å². The molecule has 314 valence electrons. The van der Waals surface area contributed by atoms with E-state index in [0.717, 1.165) is 11.0 Å². The Bertz CT molecular complexity index is 2320. The highest BCUT2D eigenvalue weighted by Gasteiger charge is 2.24. The highest BCUT2D eigenvalue weighted by molar-refractivity contribution is 6.09. The molecule has 1 N–H and O–H groups in total. The van der Waals surface area contributed by atoms with Crippen LogP contribution in [0.15, 0.2) is 65.1 Å². The maximum atomic E-state index is 13.6. The van der Waals surface area contributed by atoms with E-state index in [1.54, 1.807) is 12.1 Å². The van der Waals surface area contributed by atoms with E-state index >= 15 is 0 Å². The van der Waals surface area contributed by atoms with Crippen molar-refractivity contribution < 1.29 is 65.2 Å². The van der Waals surface area contributed by atoms with Crippen LogP contribution in [0.5, 0.6) is 5.75 Å². The first kappa shape index (κ1) is 44.2. The normalized spacial score (nSPS) is 11.3. The molecule has 1 amide bonds. The standard InChI is InChI=1S/C42H43F4N3O10/c1-48(2)26-6-9-29-34(22-26)58-35-23-27(49(3)4)7-10-30(35)37(29)28-8-5-25(21-31(28)42(52)53)41(51)47-12-14-55-16-18-57-20-19-56-17-15-54-13-11-36(50)59-40-38(45)32(43)24-33(44)39(40)46/h5-10,21-24H,11-20H2,1-4H3,(H-,47,51,52,53). The number of anilines is 1. The molecule has 1 aliphatic carbocycles. The zero-order valence-electron chi connectivity index (χ0n) is 32.8. The van der Waals surface area contributed by atoms with E-state index < -0.39 is 53.3 Å².